The molecule has 0 unspecified atom stereocenters. The maximum Gasteiger partial charge on any atom is 0.0705 e. The number of hydrogen-bond donors (Lipinski definition) is 4. The predicted octanol–water partition coefficient (Wildman–Crippen LogP) is 1.75. The first-order valence-corrected chi connectivity index (χ1v) is 8.34. The van der Waals surface area contributed by atoms with Gasteiger partial charge in [0.1, 0.15) is 0 Å². The molecule has 0 aliphatic carbocycles. The van der Waals surface area contributed by atoms with E-state index in [1.807, 2.05) is 6.20 Å². The second-order valence-corrected chi connectivity index (χ2v) is 6.54. The van der Waals surface area contributed by atoms with Crippen LogP contribution in [0.3, 0.4) is 0 Å². The van der Waals surface area contributed by atoms with Gasteiger partial charge in [0.15, 0.2) is 0 Å². The Morgan fingerprint density at radius 3 is 3.04 bits per heavy atom. The van der Waals surface area contributed by atoms with Crippen molar-refractivity contribution in [3.8, 4) is 11.3 Å². The molecule has 0 amide bonds. The Labute approximate surface area is 137 Å². The molecule has 1 aliphatic heterocycles. The lowest BCUT2D eigenvalue weighted by atomic mass is 9.95. The summed E-state index contributed by atoms with van der Waals surface area (Å²) in [4.78, 5) is 0. The lowest BCUT2D eigenvalue weighted by Crippen LogP contribution is -2.44. The van der Waals surface area contributed by atoms with E-state index in [-0.39, 0.29) is 6.10 Å². The Balaban J connectivity index is 1.66. The largest absolute Gasteiger partial charge is 0.391 e. The Bertz CT molecular complexity index is 652. The van der Waals surface area contributed by atoms with Gasteiger partial charge in [0.25, 0.3) is 0 Å². The third kappa shape index (κ3) is 3.80. The molecule has 2 heterocycles. The zero-order valence-corrected chi connectivity index (χ0v) is 13.9. The van der Waals surface area contributed by atoms with Gasteiger partial charge >= 0.3 is 0 Å². The van der Waals surface area contributed by atoms with E-state index in [9.17, 15) is 5.11 Å². The molecule has 0 spiro atoms. The topological polar surface area (TPSA) is 73.0 Å². The van der Waals surface area contributed by atoms with Crippen molar-refractivity contribution in [1.29, 1.82) is 0 Å². The maximum absolute atomic E-state index is 10.0. The van der Waals surface area contributed by atoms with E-state index in [0.717, 1.165) is 31.7 Å². The fraction of sp³-hybridized carbons (Fsp3) is 0.500. The Kier molecular flexibility index (Phi) is 5.10. The van der Waals surface area contributed by atoms with E-state index in [1.165, 1.54) is 22.3 Å². The second-order valence-electron chi connectivity index (χ2n) is 6.54. The number of benzene rings is 1. The number of H-pyrrole nitrogens is 1. The quantitative estimate of drug-likeness (QED) is 0.678. The van der Waals surface area contributed by atoms with E-state index in [4.69, 9.17) is 0 Å². The van der Waals surface area contributed by atoms with Crippen LogP contribution in [0, 0.1) is 19.8 Å². The van der Waals surface area contributed by atoms with E-state index < -0.39 is 0 Å². The summed E-state index contributed by atoms with van der Waals surface area (Å²) < 4.78 is 0. The van der Waals surface area contributed by atoms with Gasteiger partial charge in [-0.15, -0.1) is 0 Å². The average Bonchev–Trinajstić information content (AvgIpc) is 3.00. The molecule has 5 nitrogen and oxygen atoms in total. The molecule has 1 aromatic carbocycles. The maximum atomic E-state index is 10.0. The molecule has 0 bridgehead atoms. The third-order valence-corrected chi connectivity index (χ3v) is 4.69. The SMILES string of the molecule is Cc1ccc(C)c(-c2[nH]ncc2CNC[C@@H]2CCNC[C@H]2O)c1. The van der Waals surface area contributed by atoms with Crippen LogP contribution in [0.4, 0.5) is 0 Å². The highest BCUT2D eigenvalue weighted by atomic mass is 16.3. The first kappa shape index (κ1) is 16.2. The number of hydrogen-bond acceptors (Lipinski definition) is 4. The van der Waals surface area contributed by atoms with Crippen molar-refractivity contribution >= 4 is 0 Å². The number of nitrogens with zero attached hydrogens (tertiary/aromatic N) is 1. The number of aryl methyl sites for hydroxylation is 2. The zero-order chi connectivity index (χ0) is 16.2. The highest BCUT2D eigenvalue weighted by Crippen LogP contribution is 2.25. The Morgan fingerprint density at radius 2 is 2.22 bits per heavy atom. The van der Waals surface area contributed by atoms with Crippen LogP contribution in [-0.4, -0.2) is 41.0 Å². The molecule has 1 saturated heterocycles. The van der Waals surface area contributed by atoms with Crippen LogP contribution < -0.4 is 10.6 Å². The predicted molar refractivity (Wildman–Crippen MR) is 92.2 cm³/mol. The first-order chi connectivity index (χ1) is 11.1. The second kappa shape index (κ2) is 7.25. The van der Waals surface area contributed by atoms with Crippen molar-refractivity contribution < 1.29 is 5.11 Å². The van der Waals surface area contributed by atoms with Gasteiger partial charge in [0.05, 0.1) is 18.0 Å². The minimum absolute atomic E-state index is 0.251. The molecule has 5 heteroatoms. The number of rotatable bonds is 5. The smallest absolute Gasteiger partial charge is 0.0705 e. The van der Waals surface area contributed by atoms with Gasteiger partial charge in [-0.05, 0) is 44.4 Å². The molecule has 1 aliphatic rings. The molecule has 124 valence electrons. The number of nitrogens with one attached hydrogen (secondary N) is 3. The van der Waals surface area contributed by atoms with Crippen LogP contribution in [0.15, 0.2) is 24.4 Å². The molecule has 3 rings (SSSR count). The average molecular weight is 314 g/mol. The van der Waals surface area contributed by atoms with Crippen LogP contribution in [0.25, 0.3) is 11.3 Å². The van der Waals surface area contributed by atoms with Crippen LogP contribution in [0.2, 0.25) is 0 Å². The molecule has 1 fully saturated rings. The Hall–Kier alpha value is -1.69. The van der Waals surface area contributed by atoms with Crippen molar-refractivity contribution in [2.45, 2.75) is 32.9 Å². The molecular weight excluding hydrogens is 288 g/mol. The monoisotopic (exact) mass is 314 g/mol. The minimum atomic E-state index is -0.251. The van der Waals surface area contributed by atoms with Gasteiger partial charge < -0.3 is 15.7 Å². The van der Waals surface area contributed by atoms with E-state index >= 15 is 0 Å². The normalized spacial score (nSPS) is 21.5. The summed E-state index contributed by atoms with van der Waals surface area (Å²) in [6.07, 6.45) is 2.66. The molecule has 0 saturated carbocycles. The van der Waals surface area contributed by atoms with Crippen LogP contribution in [0.1, 0.15) is 23.1 Å². The highest BCUT2D eigenvalue weighted by Gasteiger charge is 2.22. The van der Waals surface area contributed by atoms with Gasteiger partial charge in [-0.25, -0.2) is 0 Å². The Morgan fingerprint density at radius 1 is 1.35 bits per heavy atom. The fourth-order valence-electron chi connectivity index (χ4n) is 3.21. The van der Waals surface area contributed by atoms with Gasteiger partial charge in [-0.2, -0.15) is 5.10 Å². The van der Waals surface area contributed by atoms with Crippen molar-refractivity contribution in [1.82, 2.24) is 20.8 Å². The van der Waals surface area contributed by atoms with E-state index in [1.54, 1.807) is 0 Å². The van der Waals surface area contributed by atoms with Crippen molar-refractivity contribution in [2.75, 3.05) is 19.6 Å². The molecule has 0 radical (unpaired) electrons. The molecule has 23 heavy (non-hydrogen) atoms. The highest BCUT2D eigenvalue weighted by molar-refractivity contribution is 5.67. The molecule has 2 aromatic rings. The number of aliphatic hydroxyl groups excluding tert-OH is 1. The molecule has 2 atom stereocenters. The third-order valence-electron chi connectivity index (χ3n) is 4.69. The van der Waals surface area contributed by atoms with Gasteiger partial charge in [-0.1, -0.05) is 17.7 Å². The molecule has 1 aromatic heterocycles. The molecule has 4 N–H and O–H groups in total. The lowest BCUT2D eigenvalue weighted by Gasteiger charge is -2.28. The van der Waals surface area contributed by atoms with E-state index in [2.05, 4.69) is 52.9 Å². The minimum Gasteiger partial charge on any atom is -0.391 e. The first-order valence-electron chi connectivity index (χ1n) is 8.34. The number of piperidine rings is 1. The number of β-amino-alcohol motifs (C(OH)–C–C–N with tert-alkyl or cyclic N) is 1. The number of aromatic nitrogens is 2. The molecular formula is C18H26N4O. The van der Waals surface area contributed by atoms with Crippen LogP contribution in [0.5, 0.6) is 0 Å². The van der Waals surface area contributed by atoms with Gasteiger partial charge in [0.2, 0.25) is 0 Å². The van der Waals surface area contributed by atoms with Crippen LogP contribution in [-0.2, 0) is 6.54 Å². The summed E-state index contributed by atoms with van der Waals surface area (Å²) in [5, 5.41) is 24.1. The summed E-state index contributed by atoms with van der Waals surface area (Å²) in [5.41, 5.74) is 5.96. The fourth-order valence-corrected chi connectivity index (χ4v) is 3.21. The summed E-state index contributed by atoms with van der Waals surface area (Å²) >= 11 is 0. The van der Waals surface area contributed by atoms with Gasteiger partial charge in [0, 0.05) is 30.8 Å². The zero-order valence-electron chi connectivity index (χ0n) is 13.9. The number of aliphatic hydroxyl groups is 1. The van der Waals surface area contributed by atoms with Gasteiger partial charge in [-0.3, -0.25) is 5.10 Å². The van der Waals surface area contributed by atoms with E-state index in [0.29, 0.717) is 12.5 Å². The summed E-state index contributed by atoms with van der Waals surface area (Å²) in [6.45, 7) is 7.51. The standard InChI is InChI=1S/C18H26N4O/c1-12-3-4-13(2)16(7-12)18-15(10-21-22-18)9-20-8-14-5-6-19-11-17(14)23/h3-4,7,10,14,17,19-20,23H,5-6,8-9,11H2,1-2H3,(H,21,22)/t14-,17+/m0/s1. The lowest BCUT2D eigenvalue weighted by molar-refractivity contribution is 0.0813. The van der Waals surface area contributed by atoms with Crippen molar-refractivity contribution in [3.63, 3.8) is 0 Å². The summed E-state index contributed by atoms with van der Waals surface area (Å²) in [6, 6.07) is 6.47. The van der Waals surface area contributed by atoms with Crippen molar-refractivity contribution in [3.05, 3.63) is 41.1 Å². The van der Waals surface area contributed by atoms with Crippen molar-refractivity contribution in [2.24, 2.45) is 5.92 Å². The van der Waals surface area contributed by atoms with Crippen LogP contribution >= 0.6 is 0 Å². The number of aromatic amines is 1. The summed E-state index contributed by atoms with van der Waals surface area (Å²) in [7, 11) is 0. The summed E-state index contributed by atoms with van der Waals surface area (Å²) in [5.74, 6) is 0.326.